The predicted molar refractivity (Wildman–Crippen MR) is 83.4 cm³/mol. The lowest BCUT2D eigenvalue weighted by Gasteiger charge is -2.18. The topological polar surface area (TPSA) is 129 Å². The second kappa shape index (κ2) is 6.13. The summed E-state index contributed by atoms with van der Waals surface area (Å²) in [5.41, 5.74) is 6.32. The minimum absolute atomic E-state index is 0.0618. The van der Waals surface area contributed by atoms with Gasteiger partial charge in [-0.3, -0.25) is 14.9 Å². The molecule has 0 aliphatic carbocycles. The largest absolute Gasteiger partial charge is 0.349 e. The molecule has 0 aliphatic heterocycles. The fraction of sp³-hybridized carbons (Fsp3) is 0.357. The number of benzene rings is 1. The molecule has 1 aromatic heterocycles. The van der Waals surface area contributed by atoms with Crippen LogP contribution in [0.1, 0.15) is 30.0 Å². The van der Waals surface area contributed by atoms with Gasteiger partial charge in [-0.2, -0.15) is 0 Å². The van der Waals surface area contributed by atoms with Gasteiger partial charge in [0.15, 0.2) is 5.69 Å². The molecule has 0 saturated heterocycles. The van der Waals surface area contributed by atoms with Gasteiger partial charge in [-0.15, -0.1) is 5.10 Å². The molecule has 1 aromatic carbocycles. The Hall–Kier alpha value is -2.81. The molecule has 2 aromatic rings. The highest BCUT2D eigenvalue weighted by Gasteiger charge is 2.20. The fourth-order valence-electron chi connectivity index (χ4n) is 1.91. The van der Waals surface area contributed by atoms with Crippen LogP contribution in [0.15, 0.2) is 24.3 Å². The zero-order valence-electron chi connectivity index (χ0n) is 13.1. The van der Waals surface area contributed by atoms with E-state index in [9.17, 15) is 14.9 Å². The lowest BCUT2D eigenvalue weighted by molar-refractivity contribution is -0.384. The minimum Gasteiger partial charge on any atom is -0.349 e. The van der Waals surface area contributed by atoms with Crippen LogP contribution in [-0.2, 0) is 0 Å². The number of nitro benzene ring substituents is 1. The summed E-state index contributed by atoms with van der Waals surface area (Å²) in [6.45, 7) is 5.54. The third kappa shape index (κ3) is 3.89. The Kier molecular flexibility index (Phi) is 4.41. The van der Waals surface area contributed by atoms with Gasteiger partial charge in [0.05, 0.1) is 16.3 Å². The van der Waals surface area contributed by atoms with Crippen molar-refractivity contribution in [1.82, 2.24) is 20.3 Å². The number of nitrogens with two attached hydrogens (primary N) is 1. The van der Waals surface area contributed by atoms with E-state index in [1.807, 2.05) is 0 Å². The number of hydrogen-bond acceptors (Lipinski definition) is 6. The third-order valence-corrected chi connectivity index (χ3v) is 3.10. The van der Waals surface area contributed by atoms with Crippen LogP contribution in [0, 0.1) is 17.0 Å². The Morgan fingerprint density at radius 1 is 1.48 bits per heavy atom. The lowest BCUT2D eigenvalue weighted by Crippen LogP contribution is -2.45. The molecular weight excluding hydrogens is 300 g/mol. The molecule has 122 valence electrons. The number of nitrogens with one attached hydrogen (secondary N) is 1. The van der Waals surface area contributed by atoms with Gasteiger partial charge in [0.2, 0.25) is 0 Å². The van der Waals surface area contributed by atoms with Crippen LogP contribution in [0.2, 0.25) is 0 Å². The monoisotopic (exact) mass is 318 g/mol. The highest BCUT2D eigenvalue weighted by atomic mass is 16.6. The van der Waals surface area contributed by atoms with Gasteiger partial charge in [0.25, 0.3) is 11.6 Å². The Morgan fingerprint density at radius 3 is 2.78 bits per heavy atom. The molecule has 9 heteroatoms. The first-order chi connectivity index (χ1) is 10.7. The summed E-state index contributed by atoms with van der Waals surface area (Å²) in [5.74, 6) is -0.391. The smallest absolute Gasteiger partial charge is 0.273 e. The molecule has 3 N–H and O–H groups in total. The molecule has 0 atom stereocenters. The van der Waals surface area contributed by atoms with Crippen LogP contribution in [0.25, 0.3) is 5.69 Å². The van der Waals surface area contributed by atoms with Crippen LogP contribution in [0.5, 0.6) is 0 Å². The molecule has 0 bridgehead atoms. The second-order valence-electron chi connectivity index (χ2n) is 5.88. The number of hydrogen-bond donors (Lipinski definition) is 2. The standard InChI is InChI=1S/C14H18N6O3/c1-9-12(13(21)16-8-14(2,3)15)17-18-19(9)10-5-4-6-11(7-10)20(22)23/h4-7H,8,15H2,1-3H3,(H,16,21). The van der Waals surface area contributed by atoms with E-state index in [4.69, 9.17) is 5.73 Å². The first-order valence-corrected chi connectivity index (χ1v) is 6.93. The zero-order valence-corrected chi connectivity index (χ0v) is 13.1. The van der Waals surface area contributed by atoms with Crippen LogP contribution >= 0.6 is 0 Å². The summed E-state index contributed by atoms with van der Waals surface area (Å²) in [7, 11) is 0. The van der Waals surface area contributed by atoms with Crippen LogP contribution < -0.4 is 11.1 Å². The average Bonchev–Trinajstić information content (AvgIpc) is 2.86. The van der Waals surface area contributed by atoms with E-state index in [1.54, 1.807) is 32.9 Å². The van der Waals surface area contributed by atoms with Crippen molar-refractivity contribution in [2.24, 2.45) is 5.73 Å². The normalized spacial score (nSPS) is 11.3. The molecule has 0 radical (unpaired) electrons. The molecule has 0 fully saturated rings. The SMILES string of the molecule is Cc1c(C(=O)NCC(C)(C)N)nnn1-c1cccc([N+](=O)[O-])c1. The number of carbonyl (C=O) groups excluding carboxylic acids is 1. The van der Waals surface area contributed by atoms with Gasteiger partial charge in [0, 0.05) is 24.2 Å². The van der Waals surface area contributed by atoms with E-state index in [0.29, 0.717) is 11.4 Å². The molecule has 0 saturated carbocycles. The Morgan fingerprint density at radius 2 is 2.17 bits per heavy atom. The summed E-state index contributed by atoms with van der Waals surface area (Å²) < 4.78 is 1.38. The van der Waals surface area contributed by atoms with E-state index in [1.165, 1.54) is 16.8 Å². The summed E-state index contributed by atoms with van der Waals surface area (Å²) >= 11 is 0. The van der Waals surface area contributed by atoms with E-state index >= 15 is 0 Å². The second-order valence-corrected chi connectivity index (χ2v) is 5.88. The molecule has 1 amide bonds. The number of rotatable bonds is 5. The number of amides is 1. The van der Waals surface area contributed by atoms with Gasteiger partial charge < -0.3 is 11.1 Å². The van der Waals surface area contributed by atoms with Gasteiger partial charge in [-0.1, -0.05) is 11.3 Å². The fourth-order valence-corrected chi connectivity index (χ4v) is 1.91. The summed E-state index contributed by atoms with van der Waals surface area (Å²) in [6, 6.07) is 5.95. The molecule has 0 aliphatic rings. The van der Waals surface area contributed by atoms with Crippen molar-refractivity contribution in [3.63, 3.8) is 0 Å². The van der Waals surface area contributed by atoms with Crippen molar-refractivity contribution in [3.05, 3.63) is 45.8 Å². The molecule has 0 spiro atoms. The van der Waals surface area contributed by atoms with E-state index in [-0.39, 0.29) is 17.9 Å². The summed E-state index contributed by atoms with van der Waals surface area (Å²) in [4.78, 5) is 22.5. The first-order valence-electron chi connectivity index (χ1n) is 6.93. The summed E-state index contributed by atoms with van der Waals surface area (Å²) in [6.07, 6.45) is 0. The van der Waals surface area contributed by atoms with Crippen molar-refractivity contribution in [3.8, 4) is 5.69 Å². The maximum Gasteiger partial charge on any atom is 0.273 e. The number of nitro groups is 1. The Labute approximate surface area is 132 Å². The highest BCUT2D eigenvalue weighted by molar-refractivity contribution is 5.93. The van der Waals surface area contributed by atoms with E-state index < -0.39 is 16.4 Å². The lowest BCUT2D eigenvalue weighted by atomic mass is 10.1. The minimum atomic E-state index is -0.542. The van der Waals surface area contributed by atoms with Crippen molar-refractivity contribution >= 4 is 11.6 Å². The molecule has 23 heavy (non-hydrogen) atoms. The zero-order chi connectivity index (χ0) is 17.2. The van der Waals surface area contributed by atoms with Crippen molar-refractivity contribution in [2.45, 2.75) is 26.3 Å². The first kappa shape index (κ1) is 16.6. The maximum absolute atomic E-state index is 12.1. The molecular formula is C14H18N6O3. The van der Waals surface area contributed by atoms with Crippen molar-refractivity contribution in [2.75, 3.05) is 6.54 Å². The molecule has 1 heterocycles. The van der Waals surface area contributed by atoms with E-state index in [0.717, 1.165) is 0 Å². The molecule has 2 rings (SSSR count). The quantitative estimate of drug-likeness (QED) is 0.623. The van der Waals surface area contributed by atoms with Crippen LogP contribution in [-0.4, -0.2) is 37.9 Å². The van der Waals surface area contributed by atoms with Gasteiger partial charge in [-0.05, 0) is 26.8 Å². The van der Waals surface area contributed by atoms with Crippen molar-refractivity contribution in [1.29, 1.82) is 0 Å². The molecule has 0 unspecified atom stereocenters. The van der Waals surface area contributed by atoms with Gasteiger partial charge in [-0.25, -0.2) is 4.68 Å². The Balaban J connectivity index is 2.27. The highest BCUT2D eigenvalue weighted by Crippen LogP contribution is 2.18. The predicted octanol–water partition coefficient (Wildman–Crippen LogP) is 0.951. The summed E-state index contributed by atoms with van der Waals surface area (Å²) in [5, 5.41) is 21.3. The van der Waals surface area contributed by atoms with Crippen molar-refractivity contribution < 1.29 is 9.72 Å². The number of carbonyl (C=O) groups is 1. The third-order valence-electron chi connectivity index (χ3n) is 3.10. The Bertz CT molecular complexity index is 747. The molecule has 9 nitrogen and oxygen atoms in total. The van der Waals surface area contributed by atoms with Gasteiger partial charge >= 0.3 is 0 Å². The number of non-ortho nitro benzene ring substituents is 1. The maximum atomic E-state index is 12.1. The van der Waals surface area contributed by atoms with E-state index in [2.05, 4.69) is 15.6 Å². The van der Waals surface area contributed by atoms with Gasteiger partial charge in [0.1, 0.15) is 0 Å². The average molecular weight is 318 g/mol. The number of nitrogens with zero attached hydrogens (tertiary/aromatic N) is 4. The van der Waals surface area contributed by atoms with Crippen LogP contribution in [0.3, 0.4) is 0 Å². The number of aromatic nitrogens is 3. The van der Waals surface area contributed by atoms with Crippen LogP contribution in [0.4, 0.5) is 5.69 Å².